The average Bonchev–Trinajstić information content (AvgIpc) is 2.44. The first-order valence-corrected chi connectivity index (χ1v) is 8.20. The van der Waals surface area contributed by atoms with Crippen molar-refractivity contribution in [2.45, 2.75) is 52.1 Å². The highest BCUT2D eigenvalue weighted by Crippen LogP contribution is 2.15. The molecule has 1 heterocycles. The van der Waals surface area contributed by atoms with Crippen LogP contribution < -0.4 is 5.32 Å². The molecule has 0 aromatic heterocycles. The van der Waals surface area contributed by atoms with Gasteiger partial charge in [-0.25, -0.2) is 0 Å². The lowest BCUT2D eigenvalue weighted by atomic mass is 9.99. The topological polar surface area (TPSA) is 15.3 Å². The summed E-state index contributed by atoms with van der Waals surface area (Å²) in [5.74, 6) is 0.818. The van der Waals surface area contributed by atoms with Gasteiger partial charge in [-0.15, -0.1) is 0 Å². The zero-order valence-corrected chi connectivity index (χ0v) is 13.3. The van der Waals surface area contributed by atoms with Gasteiger partial charge in [0.05, 0.1) is 0 Å². The minimum absolute atomic E-state index is 0.599. The van der Waals surface area contributed by atoms with Crippen LogP contribution in [0.5, 0.6) is 0 Å². The number of hydrogen-bond acceptors (Lipinski definition) is 2. The molecule has 112 valence electrons. The van der Waals surface area contributed by atoms with Crippen molar-refractivity contribution < 1.29 is 0 Å². The van der Waals surface area contributed by atoms with Crippen molar-refractivity contribution in [2.75, 3.05) is 19.6 Å². The standard InChI is InChI=1S/C18H30N2/c1-4-8-15(2)13-20-14-18(19-12-16(20)3)11-17-9-6-5-7-10-17/h5-7,9-10,15-16,18-19H,4,8,11-14H2,1-3H3. The molecule has 0 aliphatic carbocycles. The Labute approximate surface area is 124 Å². The number of nitrogens with zero attached hydrogens (tertiary/aromatic N) is 1. The highest BCUT2D eigenvalue weighted by molar-refractivity contribution is 5.16. The van der Waals surface area contributed by atoms with E-state index in [0.717, 1.165) is 18.9 Å². The zero-order valence-electron chi connectivity index (χ0n) is 13.3. The predicted molar refractivity (Wildman–Crippen MR) is 87.0 cm³/mol. The molecule has 2 rings (SSSR count). The summed E-state index contributed by atoms with van der Waals surface area (Å²) in [6.07, 6.45) is 3.79. The lowest BCUT2D eigenvalue weighted by Gasteiger charge is -2.40. The van der Waals surface area contributed by atoms with Crippen molar-refractivity contribution in [1.82, 2.24) is 10.2 Å². The summed E-state index contributed by atoms with van der Waals surface area (Å²) in [4.78, 5) is 2.68. The Morgan fingerprint density at radius 2 is 2.05 bits per heavy atom. The summed E-state index contributed by atoms with van der Waals surface area (Å²) in [6.45, 7) is 10.6. The molecule has 2 nitrogen and oxygen atoms in total. The van der Waals surface area contributed by atoms with Crippen LogP contribution in [0.4, 0.5) is 0 Å². The molecule has 1 aromatic rings. The van der Waals surface area contributed by atoms with E-state index in [-0.39, 0.29) is 0 Å². The Balaban J connectivity index is 1.87. The molecule has 1 fully saturated rings. The average molecular weight is 274 g/mol. The van der Waals surface area contributed by atoms with Gasteiger partial charge < -0.3 is 5.32 Å². The van der Waals surface area contributed by atoms with Crippen molar-refractivity contribution in [1.29, 1.82) is 0 Å². The van der Waals surface area contributed by atoms with E-state index in [1.165, 1.54) is 31.5 Å². The number of piperazine rings is 1. The largest absolute Gasteiger partial charge is 0.311 e. The fraction of sp³-hybridized carbons (Fsp3) is 0.667. The van der Waals surface area contributed by atoms with Gasteiger partial charge in [0.15, 0.2) is 0 Å². The third-order valence-corrected chi connectivity index (χ3v) is 4.43. The van der Waals surface area contributed by atoms with E-state index in [9.17, 15) is 0 Å². The van der Waals surface area contributed by atoms with Crippen molar-refractivity contribution >= 4 is 0 Å². The number of rotatable bonds is 6. The van der Waals surface area contributed by atoms with Crippen molar-refractivity contribution in [2.24, 2.45) is 5.92 Å². The second-order valence-electron chi connectivity index (χ2n) is 6.49. The molecule has 0 radical (unpaired) electrons. The summed E-state index contributed by atoms with van der Waals surface area (Å²) in [5, 5.41) is 3.71. The van der Waals surface area contributed by atoms with Crippen molar-refractivity contribution in [3.8, 4) is 0 Å². The second kappa shape index (κ2) is 7.80. The van der Waals surface area contributed by atoms with E-state index in [1.54, 1.807) is 0 Å². The molecular formula is C18H30N2. The molecule has 1 aliphatic heterocycles. The summed E-state index contributed by atoms with van der Waals surface area (Å²) < 4.78 is 0. The van der Waals surface area contributed by atoms with Crippen LogP contribution in [0.25, 0.3) is 0 Å². The van der Waals surface area contributed by atoms with Gasteiger partial charge in [-0.1, -0.05) is 50.6 Å². The number of benzene rings is 1. The number of hydrogen-bond donors (Lipinski definition) is 1. The lowest BCUT2D eigenvalue weighted by molar-refractivity contribution is 0.120. The molecule has 1 N–H and O–H groups in total. The molecular weight excluding hydrogens is 244 g/mol. The molecule has 0 bridgehead atoms. The monoisotopic (exact) mass is 274 g/mol. The number of nitrogens with one attached hydrogen (secondary N) is 1. The maximum atomic E-state index is 3.71. The van der Waals surface area contributed by atoms with Gasteiger partial charge >= 0.3 is 0 Å². The minimum atomic E-state index is 0.599. The third-order valence-electron chi connectivity index (χ3n) is 4.43. The van der Waals surface area contributed by atoms with Gasteiger partial charge in [-0.2, -0.15) is 0 Å². The quantitative estimate of drug-likeness (QED) is 0.856. The SMILES string of the molecule is CCCC(C)CN1CC(Cc2ccccc2)NCC1C. The van der Waals surface area contributed by atoms with E-state index in [0.29, 0.717) is 12.1 Å². The molecule has 2 heteroatoms. The van der Waals surface area contributed by atoms with Gasteiger partial charge in [0.25, 0.3) is 0 Å². The van der Waals surface area contributed by atoms with Crippen LogP contribution in [-0.4, -0.2) is 36.6 Å². The van der Waals surface area contributed by atoms with E-state index >= 15 is 0 Å². The maximum absolute atomic E-state index is 3.71. The van der Waals surface area contributed by atoms with Crippen LogP contribution >= 0.6 is 0 Å². The second-order valence-corrected chi connectivity index (χ2v) is 6.49. The smallest absolute Gasteiger partial charge is 0.0236 e. The summed E-state index contributed by atoms with van der Waals surface area (Å²) >= 11 is 0. The minimum Gasteiger partial charge on any atom is -0.311 e. The lowest BCUT2D eigenvalue weighted by Crippen LogP contribution is -2.56. The van der Waals surface area contributed by atoms with Crippen LogP contribution in [0.1, 0.15) is 39.2 Å². The van der Waals surface area contributed by atoms with Crippen molar-refractivity contribution in [3.63, 3.8) is 0 Å². The normalized spacial score (nSPS) is 25.6. The van der Waals surface area contributed by atoms with Crippen LogP contribution in [0, 0.1) is 5.92 Å². The molecule has 3 atom stereocenters. The van der Waals surface area contributed by atoms with Gasteiger partial charge in [0, 0.05) is 31.7 Å². The summed E-state index contributed by atoms with van der Waals surface area (Å²) in [6, 6.07) is 12.1. The van der Waals surface area contributed by atoms with Gasteiger partial charge in [0.1, 0.15) is 0 Å². The van der Waals surface area contributed by atoms with Gasteiger partial charge in [-0.05, 0) is 31.2 Å². The van der Waals surface area contributed by atoms with Crippen LogP contribution in [0.3, 0.4) is 0 Å². The molecule has 0 saturated carbocycles. The van der Waals surface area contributed by atoms with E-state index in [4.69, 9.17) is 0 Å². The van der Waals surface area contributed by atoms with Crippen LogP contribution in [0.15, 0.2) is 30.3 Å². The molecule has 20 heavy (non-hydrogen) atoms. The molecule has 1 saturated heterocycles. The first-order chi connectivity index (χ1) is 9.69. The highest BCUT2D eigenvalue weighted by Gasteiger charge is 2.25. The van der Waals surface area contributed by atoms with E-state index < -0.39 is 0 Å². The molecule has 1 aromatic carbocycles. The van der Waals surface area contributed by atoms with E-state index in [1.807, 2.05) is 0 Å². The highest BCUT2D eigenvalue weighted by atomic mass is 15.2. The summed E-state index contributed by atoms with van der Waals surface area (Å²) in [7, 11) is 0. The summed E-state index contributed by atoms with van der Waals surface area (Å²) in [5.41, 5.74) is 1.45. The fourth-order valence-corrected chi connectivity index (χ4v) is 3.27. The molecule has 1 aliphatic rings. The van der Waals surface area contributed by atoms with E-state index in [2.05, 4.69) is 61.3 Å². The Kier molecular flexibility index (Phi) is 6.06. The van der Waals surface area contributed by atoms with Crippen LogP contribution in [0.2, 0.25) is 0 Å². The third kappa shape index (κ3) is 4.60. The molecule has 0 amide bonds. The van der Waals surface area contributed by atoms with Gasteiger partial charge in [0.2, 0.25) is 0 Å². The van der Waals surface area contributed by atoms with Crippen LogP contribution in [-0.2, 0) is 6.42 Å². The predicted octanol–water partition coefficient (Wildman–Crippen LogP) is 3.33. The molecule has 0 spiro atoms. The Morgan fingerprint density at radius 3 is 2.75 bits per heavy atom. The molecule has 3 unspecified atom stereocenters. The first-order valence-electron chi connectivity index (χ1n) is 8.20. The Bertz CT molecular complexity index is 376. The Hall–Kier alpha value is -0.860. The fourth-order valence-electron chi connectivity index (χ4n) is 3.27. The first kappa shape index (κ1) is 15.5. The van der Waals surface area contributed by atoms with Crippen molar-refractivity contribution in [3.05, 3.63) is 35.9 Å². The van der Waals surface area contributed by atoms with Gasteiger partial charge in [-0.3, -0.25) is 4.90 Å². The maximum Gasteiger partial charge on any atom is 0.0236 e. The zero-order chi connectivity index (χ0) is 14.4. The Morgan fingerprint density at radius 1 is 1.30 bits per heavy atom.